The molecule has 21 heavy (non-hydrogen) atoms. The standard InChI is InChI=1S/C16H22ClN3S/c1-12(2)8-18-9-15-14(17)4-5-16(19-15)20(3)10-13-6-7-21-11-13/h4-7,11-12,18H,8-10H2,1-3H3. The molecular weight excluding hydrogens is 302 g/mol. The van der Waals surface area contributed by atoms with Gasteiger partial charge in [0, 0.05) is 20.1 Å². The predicted octanol–water partition coefficient (Wildman–Crippen LogP) is 4.18. The zero-order valence-electron chi connectivity index (χ0n) is 12.8. The summed E-state index contributed by atoms with van der Waals surface area (Å²) in [4.78, 5) is 6.83. The van der Waals surface area contributed by atoms with Gasteiger partial charge in [0.1, 0.15) is 5.82 Å². The van der Waals surface area contributed by atoms with Crippen molar-refractivity contribution in [3.05, 3.63) is 45.2 Å². The van der Waals surface area contributed by atoms with E-state index in [1.54, 1.807) is 11.3 Å². The van der Waals surface area contributed by atoms with Crippen molar-refractivity contribution in [1.29, 1.82) is 0 Å². The number of nitrogens with zero attached hydrogens (tertiary/aromatic N) is 2. The summed E-state index contributed by atoms with van der Waals surface area (Å²) in [6.07, 6.45) is 0. The number of hydrogen-bond donors (Lipinski definition) is 1. The normalized spacial score (nSPS) is 11.1. The van der Waals surface area contributed by atoms with Crippen molar-refractivity contribution in [3.8, 4) is 0 Å². The second-order valence-corrected chi connectivity index (χ2v) is 6.80. The first-order valence-corrected chi connectivity index (χ1v) is 8.46. The topological polar surface area (TPSA) is 28.2 Å². The Morgan fingerprint density at radius 1 is 1.33 bits per heavy atom. The van der Waals surface area contributed by atoms with Gasteiger partial charge in [-0.1, -0.05) is 25.4 Å². The summed E-state index contributed by atoms with van der Waals surface area (Å²) in [5, 5.41) is 8.37. The van der Waals surface area contributed by atoms with Crippen LogP contribution < -0.4 is 10.2 Å². The average Bonchev–Trinajstić information content (AvgIpc) is 2.93. The molecule has 0 saturated heterocycles. The van der Waals surface area contributed by atoms with Crippen molar-refractivity contribution in [1.82, 2.24) is 10.3 Å². The van der Waals surface area contributed by atoms with Gasteiger partial charge in [-0.25, -0.2) is 4.98 Å². The van der Waals surface area contributed by atoms with Crippen molar-refractivity contribution < 1.29 is 0 Å². The summed E-state index contributed by atoms with van der Waals surface area (Å²) < 4.78 is 0. The SMILES string of the molecule is CC(C)CNCc1nc(N(C)Cc2ccsc2)ccc1Cl. The summed E-state index contributed by atoms with van der Waals surface area (Å²) in [7, 11) is 2.05. The number of halogens is 1. The van der Waals surface area contributed by atoms with Crippen LogP contribution in [0.1, 0.15) is 25.1 Å². The molecule has 114 valence electrons. The first kappa shape index (κ1) is 16.3. The monoisotopic (exact) mass is 323 g/mol. The van der Waals surface area contributed by atoms with Crippen LogP contribution in [0.4, 0.5) is 5.82 Å². The van der Waals surface area contributed by atoms with Crippen molar-refractivity contribution in [3.63, 3.8) is 0 Å². The van der Waals surface area contributed by atoms with E-state index in [0.29, 0.717) is 12.5 Å². The molecule has 2 heterocycles. The second-order valence-electron chi connectivity index (χ2n) is 5.61. The van der Waals surface area contributed by atoms with Gasteiger partial charge in [-0.15, -0.1) is 0 Å². The van der Waals surface area contributed by atoms with Crippen LogP contribution in [0.25, 0.3) is 0 Å². The number of rotatable bonds is 7. The molecule has 0 aliphatic carbocycles. The molecule has 3 nitrogen and oxygen atoms in total. The second kappa shape index (κ2) is 7.78. The van der Waals surface area contributed by atoms with E-state index in [-0.39, 0.29) is 0 Å². The summed E-state index contributed by atoms with van der Waals surface area (Å²) in [5.74, 6) is 1.57. The van der Waals surface area contributed by atoms with Gasteiger partial charge in [-0.2, -0.15) is 11.3 Å². The minimum atomic E-state index is 0.619. The Hall–Kier alpha value is -1.10. The smallest absolute Gasteiger partial charge is 0.129 e. The van der Waals surface area contributed by atoms with Crippen molar-refractivity contribution >= 4 is 28.8 Å². The minimum absolute atomic E-state index is 0.619. The zero-order valence-corrected chi connectivity index (χ0v) is 14.3. The highest BCUT2D eigenvalue weighted by Gasteiger charge is 2.08. The molecule has 0 radical (unpaired) electrons. The van der Waals surface area contributed by atoms with Gasteiger partial charge in [0.25, 0.3) is 0 Å². The third kappa shape index (κ3) is 4.99. The number of pyridine rings is 1. The largest absolute Gasteiger partial charge is 0.355 e. The van der Waals surface area contributed by atoms with E-state index in [0.717, 1.165) is 29.6 Å². The fourth-order valence-electron chi connectivity index (χ4n) is 2.03. The van der Waals surface area contributed by atoms with E-state index in [1.807, 2.05) is 12.1 Å². The number of thiophene rings is 1. The molecule has 0 saturated carbocycles. The van der Waals surface area contributed by atoms with Crippen LogP contribution in [0, 0.1) is 5.92 Å². The molecule has 0 aliphatic rings. The molecule has 0 aliphatic heterocycles. The first-order valence-electron chi connectivity index (χ1n) is 7.14. The van der Waals surface area contributed by atoms with Crippen LogP contribution in [0.3, 0.4) is 0 Å². The maximum absolute atomic E-state index is 6.24. The Balaban J connectivity index is 2.03. The fraction of sp³-hybridized carbons (Fsp3) is 0.438. The number of hydrogen-bond acceptors (Lipinski definition) is 4. The molecule has 0 spiro atoms. The van der Waals surface area contributed by atoms with Crippen LogP contribution in [-0.4, -0.2) is 18.6 Å². The van der Waals surface area contributed by atoms with Crippen molar-refractivity contribution in [2.45, 2.75) is 26.9 Å². The highest BCUT2D eigenvalue weighted by molar-refractivity contribution is 7.07. The van der Waals surface area contributed by atoms with Gasteiger partial charge in [0.2, 0.25) is 0 Å². The molecule has 5 heteroatoms. The molecule has 2 aromatic rings. The van der Waals surface area contributed by atoms with Gasteiger partial charge in [0.15, 0.2) is 0 Å². The van der Waals surface area contributed by atoms with E-state index < -0.39 is 0 Å². The third-order valence-electron chi connectivity index (χ3n) is 3.14. The molecule has 0 unspecified atom stereocenters. The lowest BCUT2D eigenvalue weighted by atomic mass is 10.2. The molecule has 0 aromatic carbocycles. The van der Waals surface area contributed by atoms with Crippen molar-refractivity contribution in [2.24, 2.45) is 5.92 Å². The molecule has 0 fully saturated rings. The quantitative estimate of drug-likeness (QED) is 0.828. The molecule has 1 N–H and O–H groups in total. The van der Waals surface area contributed by atoms with Gasteiger partial charge in [-0.3, -0.25) is 0 Å². The maximum Gasteiger partial charge on any atom is 0.129 e. The molecular formula is C16H22ClN3S. The Bertz CT molecular complexity index is 555. The highest BCUT2D eigenvalue weighted by atomic mass is 35.5. The maximum atomic E-state index is 6.24. The van der Waals surface area contributed by atoms with Crippen LogP contribution in [0.15, 0.2) is 29.0 Å². The lowest BCUT2D eigenvalue weighted by Gasteiger charge is -2.19. The zero-order chi connectivity index (χ0) is 15.2. The third-order valence-corrected chi connectivity index (χ3v) is 4.22. The van der Waals surface area contributed by atoms with Gasteiger partial charge in [-0.05, 0) is 47.0 Å². The van der Waals surface area contributed by atoms with Crippen LogP contribution in [0.5, 0.6) is 0 Å². The number of anilines is 1. The lowest BCUT2D eigenvalue weighted by Crippen LogP contribution is -2.22. The molecule has 0 bridgehead atoms. The van der Waals surface area contributed by atoms with Crippen LogP contribution in [-0.2, 0) is 13.1 Å². The molecule has 2 aromatic heterocycles. The fourth-order valence-corrected chi connectivity index (χ4v) is 2.86. The molecule has 0 atom stereocenters. The Kier molecular flexibility index (Phi) is 6.03. The van der Waals surface area contributed by atoms with E-state index in [2.05, 4.69) is 52.9 Å². The minimum Gasteiger partial charge on any atom is -0.355 e. The van der Waals surface area contributed by atoms with E-state index in [4.69, 9.17) is 11.6 Å². The number of aromatic nitrogens is 1. The molecule has 0 amide bonds. The summed E-state index contributed by atoms with van der Waals surface area (Å²) in [6, 6.07) is 6.04. The van der Waals surface area contributed by atoms with Crippen LogP contribution >= 0.6 is 22.9 Å². The summed E-state index contributed by atoms with van der Waals surface area (Å²) in [6.45, 7) is 6.90. The number of nitrogens with one attached hydrogen (secondary N) is 1. The van der Waals surface area contributed by atoms with E-state index >= 15 is 0 Å². The van der Waals surface area contributed by atoms with Gasteiger partial charge < -0.3 is 10.2 Å². The summed E-state index contributed by atoms with van der Waals surface area (Å²) in [5.41, 5.74) is 2.21. The Morgan fingerprint density at radius 2 is 2.14 bits per heavy atom. The Morgan fingerprint density at radius 3 is 2.81 bits per heavy atom. The highest BCUT2D eigenvalue weighted by Crippen LogP contribution is 2.20. The first-order chi connectivity index (χ1) is 10.1. The van der Waals surface area contributed by atoms with Gasteiger partial charge >= 0.3 is 0 Å². The average molecular weight is 324 g/mol. The van der Waals surface area contributed by atoms with Crippen molar-refractivity contribution in [2.75, 3.05) is 18.5 Å². The van der Waals surface area contributed by atoms with Crippen LogP contribution in [0.2, 0.25) is 5.02 Å². The lowest BCUT2D eigenvalue weighted by molar-refractivity contribution is 0.548. The van der Waals surface area contributed by atoms with E-state index in [1.165, 1.54) is 5.56 Å². The Labute approximate surface area is 136 Å². The summed E-state index contributed by atoms with van der Waals surface area (Å²) >= 11 is 7.96. The van der Waals surface area contributed by atoms with E-state index in [9.17, 15) is 0 Å². The predicted molar refractivity (Wildman–Crippen MR) is 92.2 cm³/mol. The van der Waals surface area contributed by atoms with Gasteiger partial charge in [0.05, 0.1) is 10.7 Å². The molecule has 2 rings (SSSR count).